The average Bonchev–Trinajstić information content (AvgIpc) is 2.53. The third-order valence-electron chi connectivity index (χ3n) is 3.97. The van der Waals surface area contributed by atoms with Gasteiger partial charge in [0.1, 0.15) is 17.1 Å². The fourth-order valence-electron chi connectivity index (χ4n) is 2.58. The van der Waals surface area contributed by atoms with Crippen molar-refractivity contribution in [1.29, 1.82) is 0 Å². The summed E-state index contributed by atoms with van der Waals surface area (Å²) in [5, 5.41) is 10.4. The number of aromatic hydroxyl groups is 1. The van der Waals surface area contributed by atoms with Crippen molar-refractivity contribution in [1.82, 2.24) is 0 Å². The zero-order valence-corrected chi connectivity index (χ0v) is 14.0. The predicted molar refractivity (Wildman–Crippen MR) is 96.4 cm³/mol. The lowest BCUT2D eigenvalue weighted by Gasteiger charge is -2.28. The summed E-state index contributed by atoms with van der Waals surface area (Å²) >= 11 is 0. The van der Waals surface area contributed by atoms with Gasteiger partial charge >= 0.3 is 0 Å². The van der Waals surface area contributed by atoms with Crippen LogP contribution < -0.4 is 4.74 Å². The largest absolute Gasteiger partial charge is 0.506 e. The number of hydrogen-bond acceptors (Lipinski definition) is 3. The van der Waals surface area contributed by atoms with E-state index in [0.717, 1.165) is 5.56 Å². The van der Waals surface area contributed by atoms with Gasteiger partial charge in [0, 0.05) is 0 Å². The molecular formula is C21H20O3. The highest BCUT2D eigenvalue weighted by Crippen LogP contribution is 2.38. The molecule has 2 aromatic carbocycles. The number of carbonyl (C=O) groups excluding carboxylic acids is 1. The number of fused-ring (bicyclic) bond motifs is 1. The molecule has 1 heterocycles. The van der Waals surface area contributed by atoms with E-state index in [1.54, 1.807) is 24.3 Å². The Morgan fingerprint density at radius 2 is 1.83 bits per heavy atom. The molecule has 0 spiro atoms. The Labute approximate surface area is 141 Å². The summed E-state index contributed by atoms with van der Waals surface area (Å²) in [4.78, 5) is 12.4. The first-order valence-corrected chi connectivity index (χ1v) is 7.89. The molecule has 2 aromatic rings. The van der Waals surface area contributed by atoms with Crippen molar-refractivity contribution in [3.63, 3.8) is 0 Å². The van der Waals surface area contributed by atoms with Crippen LogP contribution in [0.25, 0.3) is 12.2 Å². The summed E-state index contributed by atoms with van der Waals surface area (Å²) < 4.78 is 5.80. The minimum Gasteiger partial charge on any atom is -0.506 e. The molecule has 3 heteroatoms. The highest BCUT2D eigenvalue weighted by Gasteiger charge is 2.25. The van der Waals surface area contributed by atoms with Crippen LogP contribution in [0.3, 0.4) is 0 Å². The zero-order chi connectivity index (χ0) is 17.3. The van der Waals surface area contributed by atoms with Gasteiger partial charge < -0.3 is 9.84 Å². The second kappa shape index (κ2) is 6.00. The maximum Gasteiger partial charge on any atom is 0.189 e. The topological polar surface area (TPSA) is 46.5 Å². The second-order valence-electron chi connectivity index (χ2n) is 6.52. The Morgan fingerprint density at radius 1 is 1.12 bits per heavy atom. The summed E-state index contributed by atoms with van der Waals surface area (Å²) in [7, 11) is 0. The molecule has 0 aromatic heterocycles. The number of ketones is 1. The molecule has 1 N–H and O–H groups in total. The van der Waals surface area contributed by atoms with Gasteiger partial charge in [0.05, 0.1) is 11.1 Å². The highest BCUT2D eigenvalue weighted by molar-refractivity contribution is 6.09. The molecule has 122 valence electrons. The van der Waals surface area contributed by atoms with E-state index in [-0.39, 0.29) is 17.1 Å². The SMILES string of the molecule is Cc1ccc(/C=C/C(=O)c2ccc3c(c2O)C=CC(C)(C)O3)cc1. The maximum absolute atomic E-state index is 12.4. The summed E-state index contributed by atoms with van der Waals surface area (Å²) in [5.74, 6) is 0.297. The van der Waals surface area contributed by atoms with Gasteiger partial charge in [0.25, 0.3) is 0 Å². The molecule has 0 saturated carbocycles. The Balaban J connectivity index is 1.87. The first-order valence-electron chi connectivity index (χ1n) is 7.89. The summed E-state index contributed by atoms with van der Waals surface area (Å²) in [5.41, 5.74) is 2.50. The van der Waals surface area contributed by atoms with Crippen molar-refractivity contribution < 1.29 is 14.6 Å². The lowest BCUT2D eigenvalue weighted by molar-refractivity contribution is 0.104. The number of ether oxygens (including phenoxy) is 1. The molecule has 1 aliphatic rings. The molecule has 0 amide bonds. The smallest absolute Gasteiger partial charge is 0.189 e. The molecule has 0 unspecified atom stereocenters. The van der Waals surface area contributed by atoms with Gasteiger partial charge in [-0.1, -0.05) is 35.9 Å². The van der Waals surface area contributed by atoms with Crippen LogP contribution in [0.2, 0.25) is 0 Å². The van der Waals surface area contributed by atoms with Crippen LogP contribution in [0.4, 0.5) is 0 Å². The summed E-state index contributed by atoms with van der Waals surface area (Å²) in [6.07, 6.45) is 6.89. The number of carbonyl (C=O) groups is 1. The van der Waals surface area contributed by atoms with E-state index in [0.29, 0.717) is 11.3 Å². The van der Waals surface area contributed by atoms with Crippen LogP contribution in [-0.4, -0.2) is 16.5 Å². The van der Waals surface area contributed by atoms with Crippen molar-refractivity contribution in [2.24, 2.45) is 0 Å². The molecule has 0 atom stereocenters. The Morgan fingerprint density at radius 3 is 2.54 bits per heavy atom. The minimum absolute atomic E-state index is 0.0437. The quantitative estimate of drug-likeness (QED) is 0.654. The minimum atomic E-state index is -0.420. The van der Waals surface area contributed by atoms with Gasteiger partial charge in [-0.05, 0) is 56.7 Å². The van der Waals surface area contributed by atoms with Gasteiger partial charge in [0.15, 0.2) is 5.78 Å². The zero-order valence-electron chi connectivity index (χ0n) is 14.0. The van der Waals surface area contributed by atoms with Crippen LogP contribution >= 0.6 is 0 Å². The molecule has 0 aliphatic carbocycles. The van der Waals surface area contributed by atoms with E-state index in [9.17, 15) is 9.90 Å². The Bertz CT molecular complexity index is 840. The number of phenolic OH excluding ortho intramolecular Hbond substituents is 1. The Hall–Kier alpha value is -2.81. The standard InChI is InChI=1S/C21H20O3/c1-14-4-6-15(7-5-14)8-10-18(22)16-9-11-19-17(20(16)23)12-13-21(2,3)24-19/h4-13,23H,1-3H3/b10-8+. The highest BCUT2D eigenvalue weighted by atomic mass is 16.5. The second-order valence-corrected chi connectivity index (χ2v) is 6.52. The van der Waals surface area contributed by atoms with E-state index in [4.69, 9.17) is 4.74 Å². The van der Waals surface area contributed by atoms with Crippen molar-refractivity contribution in [2.45, 2.75) is 26.4 Å². The lowest BCUT2D eigenvalue weighted by atomic mass is 9.98. The maximum atomic E-state index is 12.4. The molecule has 0 radical (unpaired) electrons. The molecule has 3 nitrogen and oxygen atoms in total. The van der Waals surface area contributed by atoms with Crippen molar-refractivity contribution in [3.8, 4) is 11.5 Å². The van der Waals surface area contributed by atoms with Crippen LogP contribution in [0, 0.1) is 6.92 Å². The predicted octanol–water partition coefficient (Wildman–Crippen LogP) is 4.78. The van der Waals surface area contributed by atoms with Crippen molar-refractivity contribution in [2.75, 3.05) is 0 Å². The summed E-state index contributed by atoms with van der Waals surface area (Å²) in [6, 6.07) is 11.2. The van der Waals surface area contributed by atoms with E-state index in [1.807, 2.05) is 51.1 Å². The number of phenols is 1. The number of hydrogen-bond donors (Lipinski definition) is 1. The van der Waals surface area contributed by atoms with Crippen LogP contribution in [0.1, 0.15) is 40.9 Å². The molecule has 24 heavy (non-hydrogen) atoms. The molecule has 3 rings (SSSR count). The fourth-order valence-corrected chi connectivity index (χ4v) is 2.58. The lowest BCUT2D eigenvalue weighted by Crippen LogP contribution is -2.27. The van der Waals surface area contributed by atoms with E-state index in [1.165, 1.54) is 11.6 Å². The number of benzene rings is 2. The average molecular weight is 320 g/mol. The van der Waals surface area contributed by atoms with Gasteiger partial charge in [-0.3, -0.25) is 4.79 Å². The molecule has 0 fully saturated rings. The number of rotatable bonds is 3. The first kappa shape index (κ1) is 16.1. The van der Waals surface area contributed by atoms with Gasteiger partial charge in [-0.2, -0.15) is 0 Å². The fraction of sp³-hybridized carbons (Fsp3) is 0.190. The Kier molecular flexibility index (Phi) is 4.02. The molecular weight excluding hydrogens is 300 g/mol. The normalized spacial score (nSPS) is 15.1. The molecule has 1 aliphatic heterocycles. The first-order chi connectivity index (χ1) is 11.4. The van der Waals surface area contributed by atoms with Gasteiger partial charge in [-0.15, -0.1) is 0 Å². The number of aryl methyl sites for hydroxylation is 1. The monoisotopic (exact) mass is 320 g/mol. The van der Waals surface area contributed by atoms with E-state index < -0.39 is 5.60 Å². The van der Waals surface area contributed by atoms with Crippen LogP contribution in [0.5, 0.6) is 11.5 Å². The van der Waals surface area contributed by atoms with Crippen molar-refractivity contribution >= 4 is 17.9 Å². The molecule has 0 saturated heterocycles. The van der Waals surface area contributed by atoms with Gasteiger partial charge in [-0.25, -0.2) is 0 Å². The third-order valence-corrected chi connectivity index (χ3v) is 3.97. The van der Waals surface area contributed by atoms with Gasteiger partial charge in [0.2, 0.25) is 0 Å². The van der Waals surface area contributed by atoms with Crippen molar-refractivity contribution in [3.05, 3.63) is 70.8 Å². The van der Waals surface area contributed by atoms with E-state index >= 15 is 0 Å². The summed E-state index contributed by atoms with van der Waals surface area (Å²) in [6.45, 7) is 5.89. The van der Waals surface area contributed by atoms with Crippen LogP contribution in [0.15, 0.2) is 48.6 Å². The van der Waals surface area contributed by atoms with Crippen LogP contribution in [-0.2, 0) is 0 Å². The van der Waals surface area contributed by atoms with E-state index in [2.05, 4.69) is 0 Å². The third kappa shape index (κ3) is 3.25. The molecule has 0 bridgehead atoms. The number of allylic oxidation sites excluding steroid dienone is 1.